The van der Waals surface area contributed by atoms with Gasteiger partial charge in [0.25, 0.3) is 0 Å². The Morgan fingerprint density at radius 1 is 1.67 bits per heavy atom. The monoisotopic (exact) mass is 209 g/mol. The zero-order chi connectivity index (χ0) is 10.7. The van der Waals surface area contributed by atoms with Crippen molar-refractivity contribution < 1.29 is 4.74 Å². The molecule has 0 aromatic carbocycles. The van der Waals surface area contributed by atoms with Gasteiger partial charge in [-0.25, -0.2) is 4.98 Å². The Morgan fingerprint density at radius 2 is 2.53 bits per heavy atom. The summed E-state index contributed by atoms with van der Waals surface area (Å²) in [5, 5.41) is 3.49. The van der Waals surface area contributed by atoms with Crippen LogP contribution >= 0.6 is 0 Å². The second kappa shape index (κ2) is 4.77. The number of nitrogens with one attached hydrogen (secondary N) is 2. The third-order valence-corrected chi connectivity index (χ3v) is 3.03. The zero-order valence-electron chi connectivity index (χ0n) is 9.42. The summed E-state index contributed by atoms with van der Waals surface area (Å²) in [5.41, 5.74) is 2.40. The van der Waals surface area contributed by atoms with Crippen molar-refractivity contribution in [2.75, 3.05) is 13.7 Å². The molecule has 4 nitrogen and oxygen atoms in total. The number of hydrogen-bond acceptors (Lipinski definition) is 3. The van der Waals surface area contributed by atoms with E-state index in [2.05, 4.69) is 22.2 Å². The van der Waals surface area contributed by atoms with Gasteiger partial charge in [0, 0.05) is 25.8 Å². The fraction of sp³-hybridized carbons (Fsp3) is 0.727. The minimum absolute atomic E-state index is 0.234. The maximum atomic E-state index is 5.54. The van der Waals surface area contributed by atoms with Crippen molar-refractivity contribution in [3.63, 3.8) is 0 Å². The van der Waals surface area contributed by atoms with E-state index in [1.54, 1.807) is 13.4 Å². The van der Waals surface area contributed by atoms with Crippen LogP contribution in [0.5, 0.6) is 0 Å². The molecule has 0 aliphatic carbocycles. The summed E-state index contributed by atoms with van der Waals surface area (Å²) in [5.74, 6) is 0. The molecule has 1 aliphatic rings. The van der Waals surface area contributed by atoms with Crippen LogP contribution in [0.2, 0.25) is 0 Å². The Labute approximate surface area is 90.4 Å². The van der Waals surface area contributed by atoms with Gasteiger partial charge in [-0.3, -0.25) is 0 Å². The first-order valence-corrected chi connectivity index (χ1v) is 5.65. The number of ether oxygens (including phenoxy) is 1. The van der Waals surface area contributed by atoms with Crippen molar-refractivity contribution in [1.82, 2.24) is 15.3 Å². The molecule has 2 heterocycles. The molecule has 84 valence electrons. The van der Waals surface area contributed by atoms with E-state index in [0.717, 1.165) is 31.5 Å². The second-order valence-corrected chi connectivity index (χ2v) is 4.01. The number of fused-ring (bicyclic) bond motifs is 1. The number of methoxy groups -OCH3 is 1. The van der Waals surface area contributed by atoms with Crippen molar-refractivity contribution >= 4 is 0 Å². The maximum Gasteiger partial charge on any atom is 0.0925 e. The number of aromatic amines is 1. The van der Waals surface area contributed by atoms with Crippen LogP contribution < -0.4 is 5.32 Å². The second-order valence-electron chi connectivity index (χ2n) is 4.01. The van der Waals surface area contributed by atoms with Gasteiger partial charge < -0.3 is 15.0 Å². The molecule has 0 fully saturated rings. The highest BCUT2D eigenvalue weighted by Gasteiger charge is 2.28. The standard InChI is InChI=1S/C11H19N3O/c1-3-4-9(15-2)11-10-8(5-6-12-11)13-7-14-10/h7,9,11-12H,3-6H2,1-2H3,(H,13,14). The van der Waals surface area contributed by atoms with E-state index in [1.165, 1.54) is 5.69 Å². The largest absolute Gasteiger partial charge is 0.379 e. The number of rotatable bonds is 4. The van der Waals surface area contributed by atoms with E-state index in [0.29, 0.717) is 0 Å². The third-order valence-electron chi connectivity index (χ3n) is 3.03. The Hall–Kier alpha value is -0.870. The van der Waals surface area contributed by atoms with Crippen LogP contribution in [0.25, 0.3) is 0 Å². The van der Waals surface area contributed by atoms with Gasteiger partial charge in [-0.05, 0) is 6.42 Å². The first-order valence-electron chi connectivity index (χ1n) is 5.65. The lowest BCUT2D eigenvalue weighted by Crippen LogP contribution is -2.38. The van der Waals surface area contributed by atoms with Crippen LogP contribution in [0, 0.1) is 0 Å². The normalized spacial score (nSPS) is 22.4. The Balaban J connectivity index is 2.16. The third kappa shape index (κ3) is 2.06. The Bertz CT molecular complexity index is 311. The van der Waals surface area contributed by atoms with Crippen LogP contribution in [-0.2, 0) is 11.2 Å². The molecule has 2 atom stereocenters. The number of aromatic nitrogens is 2. The first kappa shape index (κ1) is 10.6. The molecule has 1 aliphatic heterocycles. The van der Waals surface area contributed by atoms with Gasteiger partial charge in [-0.2, -0.15) is 0 Å². The Kier molecular flexibility index (Phi) is 3.38. The van der Waals surface area contributed by atoms with Gasteiger partial charge in [0.05, 0.1) is 24.2 Å². The smallest absolute Gasteiger partial charge is 0.0925 e. The topological polar surface area (TPSA) is 49.9 Å². The van der Waals surface area contributed by atoms with Crippen LogP contribution in [0.15, 0.2) is 6.33 Å². The molecule has 1 aromatic rings. The molecule has 0 saturated carbocycles. The molecule has 1 aromatic heterocycles. The fourth-order valence-corrected chi connectivity index (χ4v) is 2.26. The number of nitrogens with zero attached hydrogens (tertiary/aromatic N) is 1. The molecule has 2 unspecified atom stereocenters. The summed E-state index contributed by atoms with van der Waals surface area (Å²) < 4.78 is 5.54. The summed E-state index contributed by atoms with van der Waals surface area (Å²) >= 11 is 0. The SMILES string of the molecule is CCCC(OC)C1NCCc2[nH]cnc21. The van der Waals surface area contributed by atoms with Crippen LogP contribution in [0.1, 0.15) is 37.2 Å². The van der Waals surface area contributed by atoms with E-state index in [9.17, 15) is 0 Å². The van der Waals surface area contributed by atoms with E-state index in [-0.39, 0.29) is 12.1 Å². The summed E-state index contributed by atoms with van der Waals surface area (Å²) in [6.07, 6.45) is 5.26. The van der Waals surface area contributed by atoms with Gasteiger partial charge >= 0.3 is 0 Å². The first-order chi connectivity index (χ1) is 7.36. The molecular weight excluding hydrogens is 190 g/mol. The Morgan fingerprint density at radius 3 is 3.27 bits per heavy atom. The molecule has 0 radical (unpaired) electrons. The lowest BCUT2D eigenvalue weighted by atomic mass is 9.97. The van der Waals surface area contributed by atoms with Crippen molar-refractivity contribution in [1.29, 1.82) is 0 Å². The van der Waals surface area contributed by atoms with Crippen molar-refractivity contribution in [3.05, 3.63) is 17.7 Å². The van der Waals surface area contributed by atoms with E-state index >= 15 is 0 Å². The van der Waals surface area contributed by atoms with Gasteiger partial charge in [0.2, 0.25) is 0 Å². The van der Waals surface area contributed by atoms with Gasteiger partial charge in [-0.1, -0.05) is 13.3 Å². The molecule has 0 saturated heterocycles. The highest BCUT2D eigenvalue weighted by Crippen LogP contribution is 2.26. The molecule has 0 spiro atoms. The van der Waals surface area contributed by atoms with Gasteiger partial charge in [0.1, 0.15) is 0 Å². The average Bonchev–Trinajstić information content (AvgIpc) is 2.73. The molecular formula is C11H19N3O. The number of H-pyrrole nitrogens is 1. The summed E-state index contributed by atoms with van der Waals surface area (Å²) in [6, 6.07) is 0.255. The van der Waals surface area contributed by atoms with Gasteiger partial charge in [0.15, 0.2) is 0 Å². The molecule has 0 bridgehead atoms. The predicted octanol–water partition coefficient (Wildman–Crippen LogP) is 1.41. The van der Waals surface area contributed by atoms with Gasteiger partial charge in [-0.15, -0.1) is 0 Å². The summed E-state index contributed by atoms with van der Waals surface area (Å²) in [6.45, 7) is 3.18. The molecule has 4 heteroatoms. The van der Waals surface area contributed by atoms with Crippen molar-refractivity contribution in [3.8, 4) is 0 Å². The summed E-state index contributed by atoms with van der Waals surface area (Å²) in [7, 11) is 1.78. The van der Waals surface area contributed by atoms with E-state index < -0.39 is 0 Å². The molecule has 2 rings (SSSR count). The van der Waals surface area contributed by atoms with E-state index in [4.69, 9.17) is 4.74 Å². The fourth-order valence-electron chi connectivity index (χ4n) is 2.26. The van der Waals surface area contributed by atoms with Crippen LogP contribution in [-0.4, -0.2) is 29.7 Å². The van der Waals surface area contributed by atoms with E-state index in [1.807, 2.05) is 0 Å². The highest BCUT2D eigenvalue weighted by atomic mass is 16.5. The minimum atomic E-state index is 0.234. The highest BCUT2D eigenvalue weighted by molar-refractivity contribution is 5.20. The summed E-state index contributed by atoms with van der Waals surface area (Å²) in [4.78, 5) is 7.59. The maximum absolute atomic E-state index is 5.54. The van der Waals surface area contributed by atoms with Crippen molar-refractivity contribution in [2.24, 2.45) is 0 Å². The molecule has 2 N–H and O–H groups in total. The van der Waals surface area contributed by atoms with Crippen LogP contribution in [0.3, 0.4) is 0 Å². The minimum Gasteiger partial charge on any atom is -0.379 e. The number of hydrogen-bond donors (Lipinski definition) is 2. The van der Waals surface area contributed by atoms with Crippen LogP contribution in [0.4, 0.5) is 0 Å². The lowest BCUT2D eigenvalue weighted by Gasteiger charge is -2.29. The number of imidazole rings is 1. The zero-order valence-corrected chi connectivity index (χ0v) is 9.42. The molecule has 15 heavy (non-hydrogen) atoms. The molecule has 0 amide bonds. The van der Waals surface area contributed by atoms with Crippen molar-refractivity contribution in [2.45, 2.75) is 38.3 Å². The average molecular weight is 209 g/mol. The predicted molar refractivity (Wildman–Crippen MR) is 58.7 cm³/mol. The quantitative estimate of drug-likeness (QED) is 0.788. The lowest BCUT2D eigenvalue weighted by molar-refractivity contribution is 0.0572.